The second kappa shape index (κ2) is 3.22. The van der Waals surface area contributed by atoms with Crippen LogP contribution in [0.25, 0.3) is 0 Å². The van der Waals surface area contributed by atoms with Crippen molar-refractivity contribution < 1.29 is 9.47 Å². The molecule has 0 aromatic heterocycles. The maximum absolute atomic E-state index is 4.93. The average molecular weight is 141 g/mol. The first-order valence-corrected chi connectivity index (χ1v) is 2.86. The van der Waals surface area contributed by atoms with Crippen molar-refractivity contribution in [2.45, 2.75) is 6.23 Å². The third-order valence-electron chi connectivity index (χ3n) is 1.13. The van der Waals surface area contributed by atoms with Crippen LogP contribution in [-0.2, 0) is 9.47 Å². The lowest BCUT2D eigenvalue weighted by Gasteiger charge is -2.14. The van der Waals surface area contributed by atoms with Crippen LogP contribution in [0.15, 0.2) is 17.0 Å². The van der Waals surface area contributed by atoms with E-state index in [1.165, 1.54) is 0 Å². The van der Waals surface area contributed by atoms with Gasteiger partial charge in [0.15, 0.2) is 12.6 Å². The number of rotatable bonds is 2. The third kappa shape index (κ3) is 1.48. The molecule has 1 heterocycles. The molecule has 1 unspecified atom stereocenters. The topological polar surface area (TPSA) is 42.9 Å². The zero-order chi connectivity index (χ0) is 7.40. The Balaban J connectivity index is 2.56. The molecule has 0 aromatic rings. The van der Waals surface area contributed by atoms with Gasteiger partial charge in [0.1, 0.15) is 0 Å². The lowest BCUT2D eigenvalue weighted by molar-refractivity contribution is 0.123. The highest BCUT2D eigenvalue weighted by molar-refractivity contribution is 5.58. The largest absolute Gasteiger partial charge is 0.481 e. The standard InChI is InChI=1S/C6H9N2O2/c1-9-5-3-6(10-2)8-4-7-5/h3,5H,1-2H3,(H,7,8). The fourth-order valence-electron chi connectivity index (χ4n) is 0.600. The number of hydrogen-bond donors (Lipinski definition) is 1. The molecule has 4 nitrogen and oxygen atoms in total. The van der Waals surface area contributed by atoms with Gasteiger partial charge in [-0.2, -0.15) is 4.99 Å². The maximum atomic E-state index is 4.93. The van der Waals surface area contributed by atoms with E-state index in [-0.39, 0.29) is 6.23 Å². The number of hydrogen-bond acceptors (Lipinski definition) is 4. The van der Waals surface area contributed by atoms with E-state index in [9.17, 15) is 0 Å². The minimum atomic E-state index is -0.174. The number of nitrogens with one attached hydrogen (secondary N) is 1. The van der Waals surface area contributed by atoms with Crippen LogP contribution in [0.1, 0.15) is 0 Å². The molecule has 0 spiro atoms. The van der Waals surface area contributed by atoms with E-state index in [1.54, 1.807) is 20.3 Å². The molecular formula is C6H9N2O2. The molecule has 1 rings (SSSR count). The van der Waals surface area contributed by atoms with Gasteiger partial charge in [0.25, 0.3) is 0 Å². The van der Waals surface area contributed by atoms with Gasteiger partial charge in [0.2, 0.25) is 5.88 Å². The van der Waals surface area contributed by atoms with Crippen molar-refractivity contribution in [2.24, 2.45) is 4.99 Å². The molecule has 0 saturated carbocycles. The molecule has 1 radical (unpaired) electrons. The molecule has 4 heteroatoms. The van der Waals surface area contributed by atoms with Crippen LogP contribution in [0.4, 0.5) is 0 Å². The van der Waals surface area contributed by atoms with Gasteiger partial charge in [-0.05, 0) is 0 Å². The molecule has 0 bridgehead atoms. The zero-order valence-electron chi connectivity index (χ0n) is 5.92. The highest BCUT2D eigenvalue weighted by Gasteiger charge is 2.07. The fraction of sp³-hybridized carbons (Fsp3) is 0.500. The average Bonchev–Trinajstić information content (AvgIpc) is 2.05. The van der Waals surface area contributed by atoms with Gasteiger partial charge in [-0.3, -0.25) is 0 Å². The molecule has 10 heavy (non-hydrogen) atoms. The van der Waals surface area contributed by atoms with E-state index in [0.29, 0.717) is 5.88 Å². The van der Waals surface area contributed by atoms with Crippen LogP contribution in [0.2, 0.25) is 0 Å². The summed E-state index contributed by atoms with van der Waals surface area (Å²) in [7, 11) is 3.14. The smallest absolute Gasteiger partial charge is 0.215 e. The van der Waals surface area contributed by atoms with E-state index < -0.39 is 0 Å². The molecule has 0 amide bonds. The van der Waals surface area contributed by atoms with E-state index >= 15 is 0 Å². The molecule has 0 saturated heterocycles. The van der Waals surface area contributed by atoms with E-state index in [1.807, 2.05) is 0 Å². The molecule has 1 N–H and O–H groups in total. The Hall–Kier alpha value is -1.03. The minimum Gasteiger partial charge on any atom is -0.481 e. The van der Waals surface area contributed by atoms with E-state index in [2.05, 4.69) is 16.6 Å². The van der Waals surface area contributed by atoms with Crippen molar-refractivity contribution >= 4 is 6.34 Å². The van der Waals surface area contributed by atoms with E-state index in [0.717, 1.165) is 0 Å². The van der Waals surface area contributed by atoms with Crippen molar-refractivity contribution in [3.63, 3.8) is 0 Å². The van der Waals surface area contributed by atoms with Crippen LogP contribution in [0.5, 0.6) is 0 Å². The summed E-state index contributed by atoms with van der Waals surface area (Å²) >= 11 is 0. The van der Waals surface area contributed by atoms with Crippen LogP contribution in [-0.4, -0.2) is 26.8 Å². The molecule has 55 valence electrons. The van der Waals surface area contributed by atoms with Crippen LogP contribution < -0.4 is 5.32 Å². The van der Waals surface area contributed by atoms with Gasteiger partial charge in [0, 0.05) is 13.2 Å². The van der Waals surface area contributed by atoms with Gasteiger partial charge < -0.3 is 14.8 Å². The Kier molecular flexibility index (Phi) is 2.28. The fourth-order valence-corrected chi connectivity index (χ4v) is 0.600. The predicted molar refractivity (Wildman–Crippen MR) is 36.5 cm³/mol. The SMILES string of the molecule is COC1=CC(OC)N[C]=N1. The lowest BCUT2D eigenvalue weighted by atomic mass is 10.5. The summed E-state index contributed by atoms with van der Waals surface area (Å²) in [4.78, 5) is 3.74. The number of methoxy groups -OCH3 is 2. The Morgan fingerprint density at radius 2 is 2.50 bits per heavy atom. The molecule has 0 aromatic carbocycles. The third-order valence-corrected chi connectivity index (χ3v) is 1.13. The van der Waals surface area contributed by atoms with Crippen LogP contribution >= 0.6 is 0 Å². The Labute approximate surface area is 59.5 Å². The second-order valence-electron chi connectivity index (χ2n) is 1.73. The monoisotopic (exact) mass is 141 g/mol. The van der Waals surface area contributed by atoms with Crippen molar-refractivity contribution in [3.05, 3.63) is 12.0 Å². The molecule has 0 aliphatic carbocycles. The van der Waals surface area contributed by atoms with Gasteiger partial charge in [0.05, 0.1) is 7.11 Å². The summed E-state index contributed by atoms with van der Waals surface area (Å²) in [6.45, 7) is 0. The second-order valence-corrected chi connectivity index (χ2v) is 1.73. The van der Waals surface area contributed by atoms with Gasteiger partial charge in [-0.15, -0.1) is 0 Å². The van der Waals surface area contributed by atoms with Gasteiger partial charge in [-0.25, -0.2) is 0 Å². The molecular weight excluding hydrogens is 132 g/mol. The molecule has 0 fully saturated rings. The number of ether oxygens (including phenoxy) is 2. The predicted octanol–water partition coefficient (Wildman–Crippen LogP) is -0.0448. The highest BCUT2D eigenvalue weighted by Crippen LogP contribution is 2.02. The summed E-state index contributed by atoms with van der Waals surface area (Å²) in [5.41, 5.74) is 0. The Bertz CT molecular complexity index is 165. The number of nitrogens with zero attached hydrogens (tertiary/aromatic N) is 1. The van der Waals surface area contributed by atoms with Crippen molar-refractivity contribution in [1.29, 1.82) is 0 Å². The first-order chi connectivity index (χ1) is 4.86. The quantitative estimate of drug-likeness (QED) is 0.586. The van der Waals surface area contributed by atoms with Gasteiger partial charge >= 0.3 is 0 Å². The number of aliphatic imine (C=N–C) groups is 1. The summed E-state index contributed by atoms with van der Waals surface area (Å²) in [6, 6.07) is 0. The lowest BCUT2D eigenvalue weighted by Crippen LogP contribution is -2.30. The molecule has 1 atom stereocenters. The van der Waals surface area contributed by atoms with Gasteiger partial charge in [-0.1, -0.05) is 0 Å². The van der Waals surface area contributed by atoms with Crippen molar-refractivity contribution in [3.8, 4) is 0 Å². The summed E-state index contributed by atoms with van der Waals surface area (Å²) < 4.78 is 9.77. The minimum absolute atomic E-state index is 0.174. The highest BCUT2D eigenvalue weighted by atomic mass is 16.5. The summed E-state index contributed by atoms with van der Waals surface area (Å²) in [6.07, 6.45) is 4.09. The maximum Gasteiger partial charge on any atom is 0.215 e. The Morgan fingerprint density at radius 3 is 3.10 bits per heavy atom. The zero-order valence-corrected chi connectivity index (χ0v) is 5.92. The summed E-state index contributed by atoms with van der Waals surface area (Å²) in [5, 5.41) is 2.74. The van der Waals surface area contributed by atoms with Crippen LogP contribution in [0, 0.1) is 0 Å². The van der Waals surface area contributed by atoms with E-state index in [4.69, 9.17) is 9.47 Å². The van der Waals surface area contributed by atoms with Crippen LogP contribution in [0.3, 0.4) is 0 Å². The Morgan fingerprint density at radius 1 is 1.70 bits per heavy atom. The molecule has 1 aliphatic heterocycles. The normalized spacial score (nSPS) is 23.4. The molecule has 1 aliphatic rings. The first-order valence-electron chi connectivity index (χ1n) is 2.86. The first kappa shape index (κ1) is 7.08. The van der Waals surface area contributed by atoms with Crippen molar-refractivity contribution in [1.82, 2.24) is 5.32 Å². The van der Waals surface area contributed by atoms with Crippen molar-refractivity contribution in [2.75, 3.05) is 14.2 Å². The summed E-state index contributed by atoms with van der Waals surface area (Å²) in [5.74, 6) is 0.519.